The molecule has 0 saturated carbocycles. The Morgan fingerprint density at radius 3 is 1.93 bits per heavy atom. The molecule has 0 spiro atoms. The maximum absolute atomic E-state index is 11.8. The zero-order valence-corrected chi connectivity index (χ0v) is 25.8. The van der Waals surface area contributed by atoms with Crippen molar-refractivity contribution in [3.63, 3.8) is 0 Å². The maximum atomic E-state index is 11.8. The first-order valence-electron chi connectivity index (χ1n) is 11.0. The Kier molecular flexibility index (Phi) is 12.3. The minimum absolute atomic E-state index is 0.0426. The number of nitrogen functional groups attached to an aromatic ring is 1. The van der Waals surface area contributed by atoms with Gasteiger partial charge < -0.3 is 70.7 Å². The van der Waals surface area contributed by atoms with Gasteiger partial charge in [-0.1, -0.05) is 0 Å². The van der Waals surface area contributed by atoms with E-state index in [1.165, 1.54) is 10.9 Å². The number of anilines is 1. The van der Waals surface area contributed by atoms with Gasteiger partial charge in [-0.3, -0.25) is 18.2 Å². The molecule has 2 aromatic rings. The number of rotatable bonds is 12. The molecule has 26 nitrogen and oxygen atoms in total. The minimum Gasteiger partial charge on any atom is -0.387 e. The first-order valence-corrected chi connectivity index (χ1v) is 18.8. The average Bonchev–Trinajstić information content (AvgIpc) is 3.36. The number of ether oxygens (including phenoxy) is 1. The Morgan fingerprint density at radius 2 is 1.45 bits per heavy atom. The summed E-state index contributed by atoms with van der Waals surface area (Å²) < 4.78 is 73.1. The van der Waals surface area contributed by atoms with Crippen LogP contribution < -0.4 is 11.5 Å². The molecule has 0 bridgehead atoms. The van der Waals surface area contributed by atoms with Gasteiger partial charge in [0, 0.05) is 6.42 Å². The zero-order chi connectivity index (χ0) is 34.1. The van der Waals surface area contributed by atoms with Gasteiger partial charge in [-0.2, -0.15) is 8.62 Å². The molecule has 3 heterocycles. The molecule has 6 atom stereocenters. The second-order valence-electron chi connectivity index (χ2n) is 8.42. The van der Waals surface area contributed by atoms with Crippen LogP contribution in [0.1, 0.15) is 12.6 Å². The quantitative estimate of drug-likeness (QED) is 0.0947. The van der Waals surface area contributed by atoms with E-state index >= 15 is 0 Å². The Hall–Kier alpha value is -1.14. The van der Waals surface area contributed by atoms with Crippen LogP contribution in [0.3, 0.4) is 0 Å². The summed E-state index contributed by atoms with van der Waals surface area (Å²) in [5.41, 5.74) is 10.9. The van der Waals surface area contributed by atoms with E-state index in [1.54, 1.807) is 0 Å². The number of aliphatic hydroxyl groups excluding tert-OH is 2. The highest BCUT2D eigenvalue weighted by molar-refractivity contribution is 7.72. The van der Waals surface area contributed by atoms with Gasteiger partial charge >= 0.3 is 38.7 Å². The lowest BCUT2D eigenvalue weighted by atomic mass is 10.1. The Labute approximate surface area is 244 Å². The van der Waals surface area contributed by atoms with Crippen molar-refractivity contribution >= 4 is 55.6 Å². The summed E-state index contributed by atoms with van der Waals surface area (Å²) in [6, 6.07) is 0. The predicted molar refractivity (Wildman–Crippen MR) is 138 cm³/mol. The van der Waals surface area contributed by atoms with E-state index in [4.69, 9.17) is 55.6 Å². The molecule has 1 fully saturated rings. The molecule has 0 aliphatic carbocycles. The molecule has 2 unspecified atom stereocenters. The Bertz CT molecular complexity index is 1530. The fraction of sp³-hybridized carbons (Fsp3) is 0.615. The molecule has 0 aromatic carbocycles. The standard InChI is InChI=1S/C10H16N5O13P3.C3H11NO7P2/c11-8-5-9(13-2-12-8)15(3-14-5)10-7(17)6(16)4(26-10)1-25-30(21,22)28-31(23,24)27-29(18,19)20;4-2-1-3(5,12(6,7)8)13(9,10)11/h2-4,6-7,10,16-17H,1H2,(H,21,22)(H,23,24)(H2,11,12,13)(H2,18,19,20);5H,1-2,4H2,(H2,6,7,8)(H2,9,10,11)/t4-,6-,7-,10-;/m1./s1. The summed E-state index contributed by atoms with van der Waals surface area (Å²) in [6.07, 6.45) is -4.56. The van der Waals surface area contributed by atoms with Crippen LogP contribution in [-0.4, -0.2) is 111 Å². The predicted octanol–water partition coefficient (Wildman–Crippen LogP) is -3.29. The molecule has 1 aliphatic rings. The van der Waals surface area contributed by atoms with Gasteiger partial charge in [0.05, 0.1) is 12.9 Å². The third-order valence-corrected chi connectivity index (χ3v) is 12.9. The van der Waals surface area contributed by atoms with Crippen molar-refractivity contribution < 1.29 is 95.2 Å². The number of aliphatic hydroxyl groups is 3. The molecule has 1 saturated heterocycles. The third-order valence-electron chi connectivity index (χ3n) is 5.23. The summed E-state index contributed by atoms with van der Waals surface area (Å²) in [4.78, 5) is 81.3. The molecule has 0 radical (unpaired) electrons. The number of hydrogen-bond acceptors (Lipinski definition) is 17. The molecule has 15 N–H and O–H groups in total. The van der Waals surface area contributed by atoms with E-state index in [0.717, 1.165) is 6.33 Å². The Morgan fingerprint density at radius 1 is 0.886 bits per heavy atom. The van der Waals surface area contributed by atoms with Crippen molar-refractivity contribution in [2.45, 2.75) is 36.0 Å². The van der Waals surface area contributed by atoms with Gasteiger partial charge in [-0.05, 0) is 6.54 Å². The van der Waals surface area contributed by atoms with E-state index in [9.17, 15) is 37.9 Å². The lowest BCUT2D eigenvalue weighted by molar-refractivity contribution is -0.0503. The van der Waals surface area contributed by atoms with Crippen LogP contribution in [-0.2, 0) is 40.7 Å². The molecular formula is C13H27N6O20P5. The van der Waals surface area contributed by atoms with E-state index in [-0.39, 0.29) is 17.0 Å². The second-order valence-corrected chi connectivity index (χ2v) is 16.8. The molecule has 1 aliphatic heterocycles. The highest BCUT2D eigenvalue weighted by Gasteiger charge is 2.58. The smallest absolute Gasteiger partial charge is 0.387 e. The number of phosphoric ester groups is 1. The third kappa shape index (κ3) is 9.69. The number of aromatic nitrogens is 4. The first-order chi connectivity index (χ1) is 19.8. The summed E-state index contributed by atoms with van der Waals surface area (Å²) in [5.74, 6) is 0.0426. The van der Waals surface area contributed by atoms with E-state index in [2.05, 4.69) is 28.1 Å². The minimum atomic E-state index is -5.70. The van der Waals surface area contributed by atoms with Crippen LogP contribution in [0.5, 0.6) is 0 Å². The normalized spacial score (nSPS) is 24.4. The molecule has 3 rings (SSSR count). The van der Waals surface area contributed by atoms with Gasteiger partial charge in [0.2, 0.25) is 0 Å². The molecule has 254 valence electrons. The average molecular weight is 742 g/mol. The number of phosphoric acid groups is 3. The van der Waals surface area contributed by atoms with E-state index in [0.29, 0.717) is 0 Å². The van der Waals surface area contributed by atoms with Crippen LogP contribution in [0.25, 0.3) is 11.2 Å². The molecule has 31 heteroatoms. The van der Waals surface area contributed by atoms with Crippen LogP contribution in [0.15, 0.2) is 12.7 Å². The van der Waals surface area contributed by atoms with Crippen LogP contribution in [0.2, 0.25) is 0 Å². The second kappa shape index (κ2) is 13.9. The number of hydrogen-bond donors (Lipinski definition) is 13. The van der Waals surface area contributed by atoms with Crippen molar-refractivity contribution in [1.82, 2.24) is 19.5 Å². The van der Waals surface area contributed by atoms with Gasteiger partial charge in [0.15, 0.2) is 17.7 Å². The summed E-state index contributed by atoms with van der Waals surface area (Å²) >= 11 is 0. The SMILES string of the molecule is NCCC(O)(P(=O)(O)O)P(=O)(O)O.Nc1ncnc2c1ncn2[C@@H]1O[C@H](COP(=O)(O)OP(=O)(O)OP(=O)(O)O)[C@@H](O)[C@H]1O. The van der Waals surface area contributed by atoms with Gasteiger partial charge in [0.1, 0.15) is 30.2 Å². The molecule has 2 aromatic heterocycles. The molecule has 44 heavy (non-hydrogen) atoms. The van der Waals surface area contributed by atoms with Crippen molar-refractivity contribution in [2.75, 3.05) is 18.9 Å². The first kappa shape index (κ1) is 39.0. The van der Waals surface area contributed by atoms with Gasteiger partial charge in [0.25, 0.3) is 5.08 Å². The van der Waals surface area contributed by atoms with Crippen LogP contribution in [0.4, 0.5) is 5.82 Å². The fourth-order valence-electron chi connectivity index (χ4n) is 3.28. The van der Waals surface area contributed by atoms with Crippen molar-refractivity contribution in [3.05, 3.63) is 12.7 Å². The maximum Gasteiger partial charge on any atom is 0.490 e. The summed E-state index contributed by atoms with van der Waals surface area (Å²) in [6.45, 7) is -1.41. The highest BCUT2D eigenvalue weighted by Crippen LogP contribution is 2.69. The fourth-order valence-corrected chi connectivity index (χ4v) is 8.51. The number of imidazole rings is 1. The number of nitrogens with two attached hydrogens (primary N) is 2. The monoisotopic (exact) mass is 742 g/mol. The zero-order valence-electron chi connectivity index (χ0n) is 21.4. The largest absolute Gasteiger partial charge is 0.490 e. The van der Waals surface area contributed by atoms with Crippen LogP contribution >= 0.6 is 38.7 Å². The summed E-state index contributed by atoms with van der Waals surface area (Å²) in [7, 11) is -27.3. The van der Waals surface area contributed by atoms with Crippen molar-refractivity contribution in [3.8, 4) is 0 Å². The molecular weight excluding hydrogens is 715 g/mol. The lowest BCUT2D eigenvalue weighted by Gasteiger charge is -2.28. The van der Waals surface area contributed by atoms with Gasteiger partial charge in [-0.15, -0.1) is 0 Å². The van der Waals surface area contributed by atoms with Gasteiger partial charge in [-0.25, -0.2) is 28.6 Å². The van der Waals surface area contributed by atoms with Crippen molar-refractivity contribution in [1.29, 1.82) is 0 Å². The topological polar surface area (TPSA) is 440 Å². The highest BCUT2D eigenvalue weighted by atomic mass is 31.3. The number of nitrogens with zero attached hydrogens (tertiary/aromatic N) is 4. The van der Waals surface area contributed by atoms with Crippen molar-refractivity contribution in [2.24, 2.45) is 5.73 Å². The van der Waals surface area contributed by atoms with E-state index < -0.39 is 87.9 Å². The Balaban J connectivity index is 0.000000439. The van der Waals surface area contributed by atoms with Crippen LogP contribution in [0, 0.1) is 0 Å². The molecule has 0 amide bonds. The number of fused-ring (bicyclic) bond motifs is 1. The lowest BCUT2D eigenvalue weighted by Crippen LogP contribution is -2.33. The summed E-state index contributed by atoms with van der Waals surface area (Å²) in [5, 5.41) is 26.1. The van der Waals surface area contributed by atoms with E-state index in [1.807, 2.05) is 0 Å².